The highest BCUT2D eigenvalue weighted by molar-refractivity contribution is 6.04. The van der Waals surface area contributed by atoms with Gasteiger partial charge in [-0.1, -0.05) is 0 Å². The Labute approximate surface area is 277 Å². The zero-order valence-corrected chi connectivity index (χ0v) is 27.3. The molecule has 1 saturated carbocycles. The number of Topliss-reactive ketones (excluding diaryl/α,β-unsaturated/α-hetero) is 2. The summed E-state index contributed by atoms with van der Waals surface area (Å²) in [6.07, 6.45) is 13.2. The third-order valence-corrected chi connectivity index (χ3v) is 9.98. The molecule has 4 aromatic heterocycles. The molecule has 7 rings (SSSR count). The average Bonchev–Trinajstić information content (AvgIpc) is 3.90. The zero-order valence-electron chi connectivity index (χ0n) is 27.3. The van der Waals surface area contributed by atoms with Crippen molar-refractivity contribution >= 4 is 23.5 Å². The molecule has 12 heteroatoms. The third-order valence-electron chi connectivity index (χ3n) is 9.98. The number of H-pyrrole nitrogens is 2. The normalized spacial score (nSPS) is 19.4. The molecule has 0 saturated heterocycles. The minimum Gasteiger partial charge on any atom is -0.461 e. The van der Waals surface area contributed by atoms with Gasteiger partial charge in [-0.15, -0.1) is 0 Å². The van der Waals surface area contributed by atoms with Gasteiger partial charge in [0.2, 0.25) is 0 Å². The molecule has 0 amide bonds. The van der Waals surface area contributed by atoms with Crippen molar-refractivity contribution in [1.29, 1.82) is 0 Å². The van der Waals surface area contributed by atoms with Crippen LogP contribution in [-0.2, 0) is 28.7 Å². The first-order chi connectivity index (χ1) is 23.3. The number of aromatic amines is 2. The molecule has 2 N–H and O–H groups in total. The number of nitrogens with one attached hydrogen (secondary N) is 2. The molecule has 0 radical (unpaired) electrons. The Kier molecular flexibility index (Phi) is 8.89. The van der Waals surface area contributed by atoms with Crippen molar-refractivity contribution in [2.45, 2.75) is 109 Å². The van der Waals surface area contributed by atoms with Gasteiger partial charge in [0.25, 0.3) is 0 Å². The number of ether oxygens (including phenoxy) is 2. The van der Waals surface area contributed by atoms with Gasteiger partial charge in [0.05, 0.1) is 19.0 Å². The summed E-state index contributed by atoms with van der Waals surface area (Å²) in [6, 6.07) is 0. The van der Waals surface area contributed by atoms with Gasteiger partial charge < -0.3 is 28.3 Å². The van der Waals surface area contributed by atoms with E-state index in [-0.39, 0.29) is 42.5 Å². The molecule has 48 heavy (non-hydrogen) atoms. The van der Waals surface area contributed by atoms with Crippen LogP contribution in [0.1, 0.15) is 151 Å². The summed E-state index contributed by atoms with van der Waals surface area (Å²) in [6.45, 7) is 3.83. The summed E-state index contributed by atoms with van der Waals surface area (Å²) in [4.78, 5) is 66.7. The van der Waals surface area contributed by atoms with Crippen LogP contribution >= 0.6 is 0 Å². The maximum atomic E-state index is 13.1. The second kappa shape index (κ2) is 13.4. The van der Waals surface area contributed by atoms with Crippen molar-refractivity contribution in [1.82, 2.24) is 19.9 Å². The van der Waals surface area contributed by atoms with E-state index in [0.717, 1.165) is 55.7 Å². The summed E-state index contributed by atoms with van der Waals surface area (Å²) in [5.41, 5.74) is 4.58. The molecule has 2 atom stereocenters. The number of carbonyl (C=O) groups excluding carboxylic acids is 4. The molecule has 0 spiro atoms. The summed E-state index contributed by atoms with van der Waals surface area (Å²) in [5.74, 6) is 0.498. The SMILES string of the molecule is Cc1c(C(=O)OCCCCCc2cnc(C3CC(=O)c4c([nH]c(C(=O)OC5CCCC5)c4C)C3)o2)[nH]c2c1C(=O)CC(c1ncco1)C2. The van der Waals surface area contributed by atoms with Crippen molar-refractivity contribution in [3.8, 4) is 0 Å². The van der Waals surface area contributed by atoms with Crippen LogP contribution in [0.5, 0.6) is 0 Å². The van der Waals surface area contributed by atoms with Gasteiger partial charge in [-0.25, -0.2) is 19.6 Å². The Morgan fingerprint density at radius 3 is 2.12 bits per heavy atom. The first kappa shape index (κ1) is 31.8. The Hall–Kier alpha value is -4.74. The molecule has 2 unspecified atom stereocenters. The molecule has 0 aromatic carbocycles. The quantitative estimate of drug-likeness (QED) is 0.135. The lowest BCUT2D eigenvalue weighted by molar-refractivity contribution is 0.0310. The predicted molar refractivity (Wildman–Crippen MR) is 170 cm³/mol. The van der Waals surface area contributed by atoms with E-state index < -0.39 is 11.9 Å². The third kappa shape index (κ3) is 6.27. The second-order valence-electron chi connectivity index (χ2n) is 13.3. The monoisotopic (exact) mass is 656 g/mol. The molecule has 3 aliphatic carbocycles. The fraction of sp³-hybridized carbons (Fsp3) is 0.500. The number of aromatic nitrogens is 4. The topological polar surface area (TPSA) is 170 Å². The van der Waals surface area contributed by atoms with Crippen LogP contribution in [0.3, 0.4) is 0 Å². The van der Waals surface area contributed by atoms with Crippen LogP contribution in [0, 0.1) is 13.8 Å². The minimum atomic E-state index is -0.470. The molecule has 4 aromatic rings. The van der Waals surface area contributed by atoms with Gasteiger partial charge in [0, 0.05) is 66.5 Å². The number of nitrogens with zero attached hydrogens (tertiary/aromatic N) is 2. The first-order valence-electron chi connectivity index (χ1n) is 17.0. The highest BCUT2D eigenvalue weighted by Crippen LogP contribution is 2.36. The maximum absolute atomic E-state index is 13.1. The highest BCUT2D eigenvalue weighted by Gasteiger charge is 2.36. The van der Waals surface area contributed by atoms with Gasteiger partial charge >= 0.3 is 11.9 Å². The minimum absolute atomic E-state index is 0.0269. The number of aryl methyl sites for hydroxylation is 1. The lowest BCUT2D eigenvalue weighted by Crippen LogP contribution is -2.18. The van der Waals surface area contributed by atoms with Gasteiger partial charge in [-0.2, -0.15) is 0 Å². The molecular weight excluding hydrogens is 616 g/mol. The summed E-state index contributed by atoms with van der Waals surface area (Å²) in [5, 5.41) is 0. The number of ketones is 2. The van der Waals surface area contributed by atoms with Gasteiger partial charge in [0.1, 0.15) is 29.5 Å². The molecule has 4 heterocycles. The van der Waals surface area contributed by atoms with Gasteiger partial charge in [0.15, 0.2) is 23.3 Å². The van der Waals surface area contributed by atoms with Crippen molar-refractivity contribution in [3.05, 3.63) is 81.2 Å². The molecule has 3 aliphatic rings. The number of fused-ring (bicyclic) bond motifs is 2. The molecule has 0 aliphatic heterocycles. The van der Waals surface area contributed by atoms with Crippen LogP contribution in [0.2, 0.25) is 0 Å². The van der Waals surface area contributed by atoms with Gasteiger partial charge in [-0.3, -0.25) is 9.59 Å². The van der Waals surface area contributed by atoms with Gasteiger partial charge in [-0.05, 0) is 69.9 Å². The average molecular weight is 657 g/mol. The lowest BCUT2D eigenvalue weighted by Gasteiger charge is -2.18. The van der Waals surface area contributed by atoms with E-state index in [2.05, 4.69) is 19.9 Å². The molecule has 12 nitrogen and oxygen atoms in total. The van der Waals surface area contributed by atoms with E-state index >= 15 is 0 Å². The Balaban J connectivity index is 0.870. The summed E-state index contributed by atoms with van der Waals surface area (Å²) < 4.78 is 22.7. The van der Waals surface area contributed by atoms with E-state index in [1.54, 1.807) is 26.2 Å². The largest absolute Gasteiger partial charge is 0.461 e. The Morgan fingerprint density at radius 1 is 0.833 bits per heavy atom. The van der Waals surface area contributed by atoms with E-state index in [4.69, 9.17) is 18.3 Å². The van der Waals surface area contributed by atoms with Crippen LogP contribution in [0.15, 0.2) is 27.5 Å². The molecule has 1 fully saturated rings. The predicted octanol–water partition coefficient (Wildman–Crippen LogP) is 6.43. The number of oxazole rings is 2. The van der Waals surface area contributed by atoms with Crippen LogP contribution in [0.4, 0.5) is 0 Å². The van der Waals surface area contributed by atoms with Crippen molar-refractivity contribution < 1.29 is 37.5 Å². The molecular formula is C36H40N4O8. The van der Waals surface area contributed by atoms with E-state index in [0.29, 0.717) is 77.5 Å². The maximum Gasteiger partial charge on any atom is 0.355 e. The van der Waals surface area contributed by atoms with Crippen LogP contribution in [-0.4, -0.2) is 56.2 Å². The van der Waals surface area contributed by atoms with Crippen molar-refractivity contribution in [3.63, 3.8) is 0 Å². The van der Waals surface area contributed by atoms with Crippen LogP contribution < -0.4 is 0 Å². The lowest BCUT2D eigenvalue weighted by atomic mass is 9.85. The Bertz CT molecular complexity index is 1840. The smallest absolute Gasteiger partial charge is 0.355 e. The van der Waals surface area contributed by atoms with Crippen molar-refractivity contribution in [2.24, 2.45) is 0 Å². The zero-order chi connectivity index (χ0) is 33.4. The van der Waals surface area contributed by atoms with E-state index in [9.17, 15) is 19.2 Å². The molecule has 252 valence electrons. The summed E-state index contributed by atoms with van der Waals surface area (Å²) in [7, 11) is 0. The number of rotatable bonds is 11. The Morgan fingerprint density at radius 2 is 1.48 bits per heavy atom. The highest BCUT2D eigenvalue weighted by atomic mass is 16.5. The fourth-order valence-corrected chi connectivity index (χ4v) is 7.52. The van der Waals surface area contributed by atoms with E-state index in [1.807, 2.05) is 0 Å². The number of hydrogen-bond donors (Lipinski definition) is 2. The summed E-state index contributed by atoms with van der Waals surface area (Å²) >= 11 is 0. The number of hydrogen-bond acceptors (Lipinski definition) is 10. The van der Waals surface area contributed by atoms with Crippen molar-refractivity contribution in [2.75, 3.05) is 6.61 Å². The number of unbranched alkanes of at least 4 members (excludes halogenated alkanes) is 2. The number of carbonyl (C=O) groups is 4. The second-order valence-corrected chi connectivity index (χ2v) is 13.3. The van der Waals surface area contributed by atoms with Crippen LogP contribution in [0.25, 0.3) is 0 Å². The number of esters is 2. The molecule has 0 bridgehead atoms. The van der Waals surface area contributed by atoms with E-state index in [1.165, 1.54) is 6.26 Å². The first-order valence-corrected chi connectivity index (χ1v) is 17.0. The fourth-order valence-electron chi connectivity index (χ4n) is 7.52. The standard InChI is InChI=1S/C36H40N4O8/c1-19-29-25(14-21(16-27(29)41)33-37-11-13-45-33)39-31(19)35(43)46-12-7-3-4-10-24-18-38-34(47-24)22-15-26-30(28(42)17-22)20(2)32(40-26)36(44)48-23-8-5-6-9-23/h11,13,18,21-23,39-40H,3-10,12,14-17H2,1-2H3.